The molecule has 3 amide bonds. The van der Waals surface area contributed by atoms with Gasteiger partial charge in [-0.1, -0.05) is 61.2 Å². The Labute approximate surface area is 229 Å². The van der Waals surface area contributed by atoms with Gasteiger partial charge >= 0.3 is 6.09 Å². The lowest BCUT2D eigenvalue weighted by atomic mass is 10.00. The fourth-order valence-corrected chi connectivity index (χ4v) is 4.20. The van der Waals surface area contributed by atoms with E-state index in [0.29, 0.717) is 17.7 Å². The second-order valence-electron chi connectivity index (χ2n) is 9.58. The molecule has 9 heteroatoms. The van der Waals surface area contributed by atoms with Crippen molar-refractivity contribution in [3.05, 3.63) is 77.9 Å². The van der Waals surface area contributed by atoms with Crippen LogP contribution in [-0.4, -0.2) is 53.0 Å². The third-order valence-corrected chi connectivity index (χ3v) is 6.10. The minimum Gasteiger partial charge on any atom is -0.444 e. The number of carbonyl (C=O) groups is 3. The van der Waals surface area contributed by atoms with Gasteiger partial charge in [-0.2, -0.15) is 17.0 Å². The summed E-state index contributed by atoms with van der Waals surface area (Å²) in [4.78, 5) is 41.3. The largest absolute Gasteiger partial charge is 0.444 e. The van der Waals surface area contributed by atoms with Gasteiger partial charge in [-0.15, -0.1) is 0 Å². The fourth-order valence-electron chi connectivity index (χ4n) is 3.73. The molecule has 2 atom stereocenters. The van der Waals surface area contributed by atoms with Crippen LogP contribution in [0.15, 0.2) is 61.2 Å². The van der Waals surface area contributed by atoms with Crippen LogP contribution in [-0.2, 0) is 20.9 Å². The Morgan fingerprint density at radius 3 is 2.47 bits per heavy atom. The smallest absolute Gasteiger partial charge is 0.408 e. The molecule has 0 spiro atoms. The number of benzene rings is 2. The number of nitriles is 1. The molecule has 38 heavy (non-hydrogen) atoms. The van der Waals surface area contributed by atoms with E-state index in [9.17, 15) is 19.6 Å². The topological polar surface area (TPSA) is 112 Å². The zero-order chi connectivity index (χ0) is 28.1. The van der Waals surface area contributed by atoms with Crippen molar-refractivity contribution < 1.29 is 19.1 Å². The van der Waals surface area contributed by atoms with E-state index >= 15 is 0 Å². The number of rotatable bonds is 12. The van der Waals surface area contributed by atoms with Gasteiger partial charge < -0.3 is 20.3 Å². The Morgan fingerprint density at radius 1 is 1.16 bits per heavy atom. The van der Waals surface area contributed by atoms with Crippen molar-refractivity contribution >= 4 is 35.7 Å². The number of nitrogens with zero attached hydrogens (tertiary/aromatic N) is 2. The summed E-state index contributed by atoms with van der Waals surface area (Å²) in [6.07, 6.45) is 3.09. The van der Waals surface area contributed by atoms with E-state index < -0.39 is 35.6 Å². The van der Waals surface area contributed by atoms with Crippen LogP contribution in [0.3, 0.4) is 0 Å². The van der Waals surface area contributed by atoms with Crippen LogP contribution in [0.4, 0.5) is 4.79 Å². The van der Waals surface area contributed by atoms with Gasteiger partial charge in [0, 0.05) is 6.54 Å². The molecule has 8 nitrogen and oxygen atoms in total. The predicted octanol–water partition coefficient (Wildman–Crippen LogP) is 4.69. The maximum absolute atomic E-state index is 13.9. The van der Waals surface area contributed by atoms with Gasteiger partial charge in [-0.3, -0.25) is 9.59 Å². The lowest BCUT2D eigenvalue weighted by molar-refractivity contribution is -0.141. The van der Waals surface area contributed by atoms with Crippen molar-refractivity contribution in [2.45, 2.75) is 51.4 Å². The molecular formula is C29H36N4O4S. The van der Waals surface area contributed by atoms with Crippen molar-refractivity contribution in [3.63, 3.8) is 0 Å². The van der Waals surface area contributed by atoms with E-state index in [1.165, 1.54) is 16.7 Å². The summed E-state index contributed by atoms with van der Waals surface area (Å²) >= 11 is 1.52. The normalized spacial score (nSPS) is 12.4. The quantitative estimate of drug-likeness (QED) is 0.381. The molecule has 0 radical (unpaired) electrons. The number of amides is 3. The lowest BCUT2D eigenvalue weighted by Gasteiger charge is -2.33. The third kappa shape index (κ3) is 9.60. The molecule has 0 aromatic heterocycles. The monoisotopic (exact) mass is 536 g/mol. The summed E-state index contributed by atoms with van der Waals surface area (Å²) in [7, 11) is 0. The van der Waals surface area contributed by atoms with E-state index in [1.54, 1.807) is 45.0 Å². The Bertz CT molecular complexity index is 1140. The highest BCUT2D eigenvalue weighted by atomic mass is 32.2. The number of hydrogen-bond acceptors (Lipinski definition) is 6. The maximum Gasteiger partial charge on any atom is 0.408 e. The molecular weight excluding hydrogens is 500 g/mol. The molecule has 0 aliphatic rings. The Hall–Kier alpha value is -3.77. The van der Waals surface area contributed by atoms with Gasteiger partial charge in [0.25, 0.3) is 0 Å². The third-order valence-electron chi connectivity index (χ3n) is 5.46. The zero-order valence-corrected chi connectivity index (χ0v) is 23.2. The molecule has 0 saturated carbocycles. The molecule has 2 aromatic carbocycles. The SMILES string of the molecule is C=Cc1cccc(C(C(=O)NCc2ccccc2)N(CC#N)C(=O)C(CCSC)NC(=O)OC(C)(C)C)c1. The van der Waals surface area contributed by atoms with Crippen LogP contribution in [0, 0.1) is 11.3 Å². The first-order valence-electron chi connectivity index (χ1n) is 12.3. The van der Waals surface area contributed by atoms with Crippen molar-refractivity contribution in [1.29, 1.82) is 5.26 Å². The second kappa shape index (κ2) is 14.8. The molecule has 202 valence electrons. The lowest BCUT2D eigenvalue weighted by Crippen LogP contribution is -2.53. The van der Waals surface area contributed by atoms with Gasteiger partial charge in [-0.05, 0) is 62.0 Å². The van der Waals surface area contributed by atoms with Crippen LogP contribution in [0.1, 0.15) is 49.9 Å². The van der Waals surface area contributed by atoms with E-state index in [1.807, 2.05) is 48.7 Å². The van der Waals surface area contributed by atoms with Crippen LogP contribution < -0.4 is 10.6 Å². The Kier molecular flexibility index (Phi) is 11.9. The van der Waals surface area contributed by atoms with Crippen LogP contribution >= 0.6 is 11.8 Å². The van der Waals surface area contributed by atoms with Crippen molar-refractivity contribution in [1.82, 2.24) is 15.5 Å². The minimum atomic E-state index is -1.11. The maximum atomic E-state index is 13.9. The summed E-state index contributed by atoms with van der Waals surface area (Å²) in [5.41, 5.74) is 1.42. The molecule has 0 aliphatic heterocycles. The van der Waals surface area contributed by atoms with Gasteiger partial charge in [0.2, 0.25) is 11.8 Å². The van der Waals surface area contributed by atoms with Crippen LogP contribution in [0.2, 0.25) is 0 Å². The van der Waals surface area contributed by atoms with Crippen LogP contribution in [0.5, 0.6) is 0 Å². The average molecular weight is 537 g/mol. The summed E-state index contributed by atoms with van der Waals surface area (Å²) < 4.78 is 5.37. The summed E-state index contributed by atoms with van der Waals surface area (Å²) in [5.74, 6) is -0.418. The summed E-state index contributed by atoms with van der Waals surface area (Å²) in [6, 6.07) is 16.4. The highest BCUT2D eigenvalue weighted by Crippen LogP contribution is 2.25. The minimum absolute atomic E-state index is 0.248. The van der Waals surface area contributed by atoms with Crippen molar-refractivity contribution in [2.75, 3.05) is 18.6 Å². The van der Waals surface area contributed by atoms with Crippen molar-refractivity contribution in [2.24, 2.45) is 0 Å². The molecule has 0 fully saturated rings. The molecule has 2 N–H and O–H groups in total. The van der Waals surface area contributed by atoms with E-state index in [-0.39, 0.29) is 13.1 Å². The molecule has 0 heterocycles. The summed E-state index contributed by atoms with van der Waals surface area (Å²) in [5, 5.41) is 15.2. The van der Waals surface area contributed by atoms with Crippen molar-refractivity contribution in [3.8, 4) is 6.07 Å². The number of hydrogen-bond donors (Lipinski definition) is 2. The highest BCUT2D eigenvalue weighted by molar-refractivity contribution is 7.98. The Morgan fingerprint density at radius 2 is 1.87 bits per heavy atom. The van der Waals surface area contributed by atoms with Gasteiger partial charge in [0.15, 0.2) is 0 Å². The van der Waals surface area contributed by atoms with E-state index in [4.69, 9.17) is 4.74 Å². The van der Waals surface area contributed by atoms with E-state index in [0.717, 1.165) is 11.1 Å². The molecule has 2 rings (SSSR count). The van der Waals surface area contributed by atoms with Gasteiger partial charge in [0.1, 0.15) is 24.2 Å². The predicted molar refractivity (Wildman–Crippen MR) is 151 cm³/mol. The number of nitrogens with one attached hydrogen (secondary N) is 2. The zero-order valence-electron chi connectivity index (χ0n) is 22.4. The first-order valence-corrected chi connectivity index (χ1v) is 13.7. The molecule has 0 saturated heterocycles. The number of ether oxygens (including phenoxy) is 1. The van der Waals surface area contributed by atoms with E-state index in [2.05, 4.69) is 17.2 Å². The number of thioether (sulfide) groups is 1. The summed E-state index contributed by atoms with van der Waals surface area (Å²) in [6.45, 7) is 8.88. The van der Waals surface area contributed by atoms with Crippen LogP contribution in [0.25, 0.3) is 6.08 Å². The first kappa shape index (κ1) is 30.5. The second-order valence-corrected chi connectivity index (χ2v) is 10.6. The average Bonchev–Trinajstić information content (AvgIpc) is 2.88. The number of alkyl carbamates (subject to hydrolysis) is 1. The highest BCUT2D eigenvalue weighted by Gasteiger charge is 2.36. The van der Waals surface area contributed by atoms with Gasteiger partial charge in [-0.25, -0.2) is 4.79 Å². The first-order chi connectivity index (χ1) is 18.1. The standard InChI is InChI=1S/C29H36N4O4S/c1-6-21-13-10-14-23(19-21)25(26(34)31-20-22-11-8-7-9-12-22)33(17-16-30)27(35)24(15-18-38-5)32-28(36)37-29(2,3)4/h6-14,19,24-25H,1,15,17-18,20H2,2-5H3,(H,31,34)(H,32,36). The molecule has 2 unspecified atom stereocenters. The fraction of sp³-hybridized carbons (Fsp3) is 0.379. The van der Waals surface area contributed by atoms with Gasteiger partial charge in [0.05, 0.1) is 6.07 Å². The Balaban J connectivity index is 2.45. The molecule has 0 bridgehead atoms. The molecule has 2 aromatic rings. The number of carbonyl (C=O) groups excluding carboxylic acids is 3. The molecule has 0 aliphatic carbocycles.